The average Bonchev–Trinajstić information content (AvgIpc) is 2.23. The number of amides is 1. The monoisotopic (exact) mass is 265 g/mol. The van der Waals surface area contributed by atoms with Gasteiger partial charge in [0.1, 0.15) is 24.4 Å². The maximum absolute atomic E-state index is 10.2. The number of primary amides is 1. The van der Waals surface area contributed by atoms with E-state index in [0.29, 0.717) is 0 Å². The molecule has 1 unspecified atom stereocenters. The van der Waals surface area contributed by atoms with Crippen LogP contribution in [-0.4, -0.2) is 104 Å². The Kier molecular flexibility index (Phi) is 10.3. The Morgan fingerprint density at radius 3 is 1.88 bits per heavy atom. The van der Waals surface area contributed by atoms with Crippen molar-refractivity contribution in [1.82, 2.24) is 0 Å². The molecule has 10 heteroatoms. The van der Waals surface area contributed by atoms with Crippen LogP contribution in [0.3, 0.4) is 0 Å². The summed E-state index contributed by atoms with van der Waals surface area (Å²) >= 11 is 0. The van der Waals surface area contributed by atoms with E-state index in [1.165, 1.54) is 0 Å². The average molecular weight is 265 g/mol. The molecule has 0 heterocycles. The van der Waals surface area contributed by atoms with Crippen molar-refractivity contribution in [1.29, 1.82) is 0 Å². The molecule has 0 spiro atoms. The van der Waals surface area contributed by atoms with Gasteiger partial charge in [-0.1, -0.05) is 0 Å². The van der Waals surface area contributed by atoms with Gasteiger partial charge in [-0.2, -0.15) is 0 Å². The molecule has 0 radical (unpaired) electrons. The SMILES string of the molecule is NC(=O)OC(O)[C@@H](O)[C@@H](O)[C@H](O)[C@H](O)CO.[NaH]. The van der Waals surface area contributed by atoms with E-state index in [4.69, 9.17) is 25.5 Å². The van der Waals surface area contributed by atoms with Crippen LogP contribution in [-0.2, 0) is 4.74 Å². The number of carbonyl (C=O) groups excluding carboxylic acids is 1. The van der Waals surface area contributed by atoms with E-state index < -0.39 is 43.4 Å². The zero-order valence-electron chi connectivity index (χ0n) is 8.17. The van der Waals surface area contributed by atoms with Crippen molar-refractivity contribution in [2.24, 2.45) is 5.73 Å². The van der Waals surface area contributed by atoms with Gasteiger partial charge in [-0.15, -0.1) is 0 Å². The molecule has 0 aromatic carbocycles. The van der Waals surface area contributed by atoms with E-state index >= 15 is 0 Å². The first-order chi connectivity index (χ1) is 7.31. The van der Waals surface area contributed by atoms with E-state index in [1.54, 1.807) is 0 Å². The molecule has 0 bridgehead atoms. The summed E-state index contributed by atoms with van der Waals surface area (Å²) in [6.07, 6.45) is -11.3. The summed E-state index contributed by atoms with van der Waals surface area (Å²) in [4.78, 5) is 10.2. The van der Waals surface area contributed by atoms with Crippen molar-refractivity contribution in [3.05, 3.63) is 0 Å². The van der Waals surface area contributed by atoms with E-state index in [0.717, 1.165) is 0 Å². The second-order valence-corrected chi connectivity index (χ2v) is 3.05. The van der Waals surface area contributed by atoms with Crippen LogP contribution in [0.2, 0.25) is 0 Å². The third-order valence-electron chi connectivity index (χ3n) is 1.81. The van der Waals surface area contributed by atoms with Crippen molar-refractivity contribution >= 4 is 35.7 Å². The Morgan fingerprint density at radius 1 is 1.06 bits per heavy atom. The summed E-state index contributed by atoms with van der Waals surface area (Å²) in [6, 6.07) is 0. The van der Waals surface area contributed by atoms with Crippen molar-refractivity contribution in [2.75, 3.05) is 6.61 Å². The van der Waals surface area contributed by atoms with Crippen molar-refractivity contribution in [3.8, 4) is 0 Å². The van der Waals surface area contributed by atoms with Gasteiger partial charge in [0.2, 0.25) is 6.29 Å². The summed E-state index contributed by atoms with van der Waals surface area (Å²) < 4.78 is 3.93. The molecule has 0 aliphatic rings. The van der Waals surface area contributed by atoms with Gasteiger partial charge in [0, 0.05) is 0 Å². The number of aliphatic hydroxyl groups excluding tert-OH is 6. The fraction of sp³-hybridized carbons (Fsp3) is 0.857. The van der Waals surface area contributed by atoms with Gasteiger partial charge in [0.05, 0.1) is 6.61 Å². The van der Waals surface area contributed by atoms with E-state index in [-0.39, 0.29) is 29.6 Å². The van der Waals surface area contributed by atoms with Gasteiger partial charge < -0.3 is 41.1 Å². The van der Waals surface area contributed by atoms with Gasteiger partial charge in [-0.05, 0) is 0 Å². The molecule has 98 valence electrons. The van der Waals surface area contributed by atoms with Crippen LogP contribution < -0.4 is 5.73 Å². The molecule has 1 amide bonds. The number of rotatable bonds is 6. The van der Waals surface area contributed by atoms with Gasteiger partial charge in [-0.3, -0.25) is 0 Å². The molecule has 0 fully saturated rings. The van der Waals surface area contributed by atoms with Crippen LogP contribution in [0, 0.1) is 0 Å². The van der Waals surface area contributed by atoms with Crippen LogP contribution in [0.25, 0.3) is 0 Å². The fourth-order valence-corrected chi connectivity index (χ4v) is 0.895. The third kappa shape index (κ3) is 6.50. The summed E-state index contributed by atoms with van der Waals surface area (Å²) in [6.45, 7) is -0.863. The van der Waals surface area contributed by atoms with Crippen LogP contribution in [0.5, 0.6) is 0 Å². The van der Waals surface area contributed by atoms with Crippen molar-refractivity contribution < 1.29 is 40.2 Å². The molecule has 0 aromatic heterocycles. The third-order valence-corrected chi connectivity index (χ3v) is 1.81. The summed E-state index contributed by atoms with van der Waals surface area (Å²) in [5.74, 6) is 0. The molecule has 8 N–H and O–H groups in total. The molecule has 5 atom stereocenters. The Hall–Kier alpha value is 0.0300. The minimum absolute atomic E-state index is 0. The summed E-state index contributed by atoms with van der Waals surface area (Å²) in [5.41, 5.74) is 4.53. The number of carbonyl (C=O) groups is 1. The standard InChI is InChI=1S/C7H15NO8.Na.H/c8-7(15)16-6(14)5(13)4(12)3(11)2(10)1-9;;/h2-6,9-14H,1H2,(H2,8,15);;/t2-,3-,4+,5+,6?;;/m1../s1. The molecule has 0 aliphatic carbocycles. The molecule has 0 saturated heterocycles. The predicted molar refractivity (Wildman–Crippen MR) is 54.9 cm³/mol. The molecular weight excluding hydrogens is 249 g/mol. The Bertz CT molecular complexity index is 230. The molecule has 9 nitrogen and oxygen atoms in total. The van der Waals surface area contributed by atoms with Gasteiger partial charge in [0.25, 0.3) is 0 Å². The molecule has 0 aliphatic heterocycles. The Labute approximate surface area is 119 Å². The molecule has 0 saturated carbocycles. The molecular formula is C7H16NNaO8. The van der Waals surface area contributed by atoms with Crippen molar-refractivity contribution in [2.45, 2.75) is 30.7 Å². The Balaban J connectivity index is 0. The topological polar surface area (TPSA) is 174 Å². The van der Waals surface area contributed by atoms with E-state index in [1.807, 2.05) is 0 Å². The number of hydrogen-bond acceptors (Lipinski definition) is 8. The zero-order valence-corrected chi connectivity index (χ0v) is 8.17. The van der Waals surface area contributed by atoms with Gasteiger partial charge >= 0.3 is 35.7 Å². The molecule has 0 aromatic rings. The fourth-order valence-electron chi connectivity index (χ4n) is 0.895. The maximum atomic E-state index is 10.2. The Morgan fingerprint density at radius 2 is 1.53 bits per heavy atom. The predicted octanol–water partition coefficient (Wildman–Crippen LogP) is -4.81. The summed E-state index contributed by atoms with van der Waals surface area (Å²) in [7, 11) is 0. The molecule has 0 rings (SSSR count). The van der Waals surface area contributed by atoms with Crippen molar-refractivity contribution in [3.63, 3.8) is 0 Å². The quantitative estimate of drug-likeness (QED) is 0.185. The van der Waals surface area contributed by atoms with Crippen LogP contribution >= 0.6 is 0 Å². The zero-order chi connectivity index (χ0) is 12.9. The van der Waals surface area contributed by atoms with E-state index in [9.17, 15) is 9.90 Å². The van der Waals surface area contributed by atoms with Gasteiger partial charge in [0.15, 0.2) is 0 Å². The number of aliphatic hydroxyl groups is 6. The van der Waals surface area contributed by atoms with E-state index in [2.05, 4.69) is 10.5 Å². The number of hydrogen-bond donors (Lipinski definition) is 7. The number of nitrogens with two attached hydrogens (primary N) is 1. The normalized spacial score (nSPS) is 19.4. The number of ether oxygens (including phenoxy) is 1. The first-order valence-electron chi connectivity index (χ1n) is 4.28. The second kappa shape index (κ2) is 9.03. The molecule has 17 heavy (non-hydrogen) atoms. The van der Waals surface area contributed by atoms with Gasteiger partial charge in [-0.25, -0.2) is 4.79 Å². The first kappa shape index (κ1) is 19.4. The second-order valence-electron chi connectivity index (χ2n) is 3.05. The van der Waals surface area contributed by atoms with Crippen LogP contribution in [0.1, 0.15) is 0 Å². The van der Waals surface area contributed by atoms with Crippen LogP contribution in [0.4, 0.5) is 4.79 Å². The summed E-state index contributed by atoms with van der Waals surface area (Å²) in [5, 5.41) is 53.9. The first-order valence-corrected chi connectivity index (χ1v) is 4.28. The van der Waals surface area contributed by atoms with Crippen LogP contribution in [0.15, 0.2) is 0 Å². The minimum atomic E-state index is -2.16.